The number of rotatable bonds is 6. The number of hydrogen-bond acceptors (Lipinski definition) is 5. The monoisotopic (exact) mass is 311 g/mol. The highest BCUT2D eigenvalue weighted by molar-refractivity contribution is 7.89. The third-order valence-corrected chi connectivity index (χ3v) is 5.14. The van der Waals surface area contributed by atoms with Crippen molar-refractivity contribution < 1.29 is 13.3 Å². The first kappa shape index (κ1) is 17.1. The van der Waals surface area contributed by atoms with Crippen molar-refractivity contribution in [2.45, 2.75) is 44.0 Å². The zero-order chi connectivity index (χ0) is 16.3. The fourth-order valence-corrected chi connectivity index (χ4v) is 3.87. The quantitative estimate of drug-likeness (QED) is 0.639. The number of nitriles is 1. The van der Waals surface area contributed by atoms with Crippen LogP contribution in [0.4, 0.5) is 5.69 Å². The molecule has 0 saturated heterocycles. The van der Waals surface area contributed by atoms with Gasteiger partial charge in [-0.15, -0.1) is 0 Å². The summed E-state index contributed by atoms with van der Waals surface area (Å²) in [5, 5.41) is 20.3. The molecule has 0 bridgehead atoms. The third kappa shape index (κ3) is 3.37. The van der Waals surface area contributed by atoms with E-state index >= 15 is 0 Å². The molecule has 0 amide bonds. The van der Waals surface area contributed by atoms with Crippen molar-refractivity contribution in [3.63, 3.8) is 0 Å². The Morgan fingerprint density at radius 2 is 1.95 bits per heavy atom. The summed E-state index contributed by atoms with van der Waals surface area (Å²) in [6, 6.07) is 5.98. The van der Waals surface area contributed by atoms with E-state index in [2.05, 4.69) is 4.72 Å². The number of nitro benzene ring substituents is 1. The van der Waals surface area contributed by atoms with E-state index < -0.39 is 31.1 Å². The summed E-state index contributed by atoms with van der Waals surface area (Å²) in [6.45, 7) is 4.84. The minimum atomic E-state index is -4.17. The number of sulfonamides is 1. The number of aryl methyl sites for hydroxylation is 1. The third-order valence-electron chi connectivity index (χ3n) is 3.41. The van der Waals surface area contributed by atoms with Gasteiger partial charge in [0.1, 0.15) is 5.54 Å². The van der Waals surface area contributed by atoms with Crippen LogP contribution in [0.5, 0.6) is 0 Å². The molecule has 0 aliphatic heterocycles. The van der Waals surface area contributed by atoms with Gasteiger partial charge in [0, 0.05) is 6.07 Å². The van der Waals surface area contributed by atoms with E-state index in [4.69, 9.17) is 0 Å². The molecule has 0 aliphatic rings. The van der Waals surface area contributed by atoms with E-state index in [1.807, 2.05) is 6.07 Å². The molecule has 0 aromatic heterocycles. The molecule has 7 nitrogen and oxygen atoms in total. The molecule has 8 heteroatoms. The van der Waals surface area contributed by atoms with Crippen molar-refractivity contribution in [2.24, 2.45) is 0 Å². The van der Waals surface area contributed by atoms with Gasteiger partial charge < -0.3 is 0 Å². The summed E-state index contributed by atoms with van der Waals surface area (Å²) in [5.41, 5.74) is -1.51. The summed E-state index contributed by atoms with van der Waals surface area (Å²) in [5.74, 6) is 0. The molecule has 0 saturated carbocycles. The SMILES string of the molecule is CCC(C#N)(CC)NS(=O)(=O)c1c(C)cccc1[N+](=O)[O-]. The maximum Gasteiger partial charge on any atom is 0.289 e. The number of benzene rings is 1. The van der Waals surface area contributed by atoms with Crippen LogP contribution in [0, 0.1) is 28.4 Å². The summed E-state index contributed by atoms with van der Waals surface area (Å²) < 4.78 is 27.3. The van der Waals surface area contributed by atoms with Crippen molar-refractivity contribution in [1.29, 1.82) is 5.26 Å². The van der Waals surface area contributed by atoms with Crippen molar-refractivity contribution in [2.75, 3.05) is 0 Å². The van der Waals surface area contributed by atoms with Gasteiger partial charge in [0.25, 0.3) is 5.69 Å². The Balaban J connectivity index is 3.47. The molecule has 0 fully saturated rings. The van der Waals surface area contributed by atoms with Gasteiger partial charge in [-0.25, -0.2) is 8.42 Å². The molecule has 1 aromatic carbocycles. The van der Waals surface area contributed by atoms with Gasteiger partial charge in [0.15, 0.2) is 4.90 Å². The van der Waals surface area contributed by atoms with E-state index in [0.717, 1.165) is 6.07 Å². The predicted octanol–water partition coefficient (Wildman–Crippen LogP) is 2.26. The molecule has 1 rings (SSSR count). The Bertz CT molecular complexity index is 688. The highest BCUT2D eigenvalue weighted by Crippen LogP contribution is 2.28. The first-order valence-electron chi connectivity index (χ1n) is 6.42. The lowest BCUT2D eigenvalue weighted by Crippen LogP contribution is -2.46. The molecule has 0 aliphatic carbocycles. The summed E-state index contributed by atoms with van der Waals surface area (Å²) in [4.78, 5) is 9.91. The van der Waals surface area contributed by atoms with E-state index in [-0.39, 0.29) is 18.4 Å². The molecule has 1 N–H and O–H groups in total. The topological polar surface area (TPSA) is 113 Å². The number of hydrogen-bond donors (Lipinski definition) is 1. The fourth-order valence-electron chi connectivity index (χ4n) is 2.01. The predicted molar refractivity (Wildman–Crippen MR) is 77.1 cm³/mol. The van der Waals surface area contributed by atoms with Crippen LogP contribution < -0.4 is 4.72 Å². The van der Waals surface area contributed by atoms with Gasteiger partial charge in [0.05, 0.1) is 11.0 Å². The average molecular weight is 311 g/mol. The van der Waals surface area contributed by atoms with Crippen LogP contribution in [0.15, 0.2) is 23.1 Å². The van der Waals surface area contributed by atoms with E-state index in [9.17, 15) is 23.8 Å². The Morgan fingerprint density at radius 3 is 2.38 bits per heavy atom. The molecule has 0 unspecified atom stereocenters. The van der Waals surface area contributed by atoms with Gasteiger partial charge in [-0.3, -0.25) is 10.1 Å². The summed E-state index contributed by atoms with van der Waals surface area (Å²) in [6.07, 6.45) is 0.526. The van der Waals surface area contributed by atoms with Crippen molar-refractivity contribution >= 4 is 15.7 Å². The molecule has 0 spiro atoms. The zero-order valence-electron chi connectivity index (χ0n) is 12.1. The lowest BCUT2D eigenvalue weighted by molar-refractivity contribution is -0.387. The second-order valence-corrected chi connectivity index (χ2v) is 6.31. The molecular formula is C13H17N3O4S. The van der Waals surface area contributed by atoms with E-state index in [1.165, 1.54) is 19.1 Å². The second kappa shape index (κ2) is 6.20. The Morgan fingerprint density at radius 1 is 1.38 bits per heavy atom. The summed E-state index contributed by atoms with van der Waals surface area (Å²) in [7, 11) is -4.17. The molecule has 21 heavy (non-hydrogen) atoms. The maximum absolute atomic E-state index is 12.5. The molecule has 0 radical (unpaired) electrons. The number of nitrogens with zero attached hydrogens (tertiary/aromatic N) is 2. The van der Waals surface area contributed by atoms with Crippen molar-refractivity contribution in [3.05, 3.63) is 33.9 Å². The molecular weight excluding hydrogens is 294 g/mol. The average Bonchev–Trinajstić information content (AvgIpc) is 2.44. The standard InChI is InChI=1S/C13H17N3O4S/c1-4-13(5-2,9-14)15-21(19,20)12-10(3)7-6-8-11(12)16(17)18/h6-8,15H,4-5H2,1-3H3. The van der Waals surface area contributed by atoms with Crippen LogP contribution in [-0.4, -0.2) is 18.9 Å². The van der Waals surface area contributed by atoms with Crippen LogP contribution in [-0.2, 0) is 10.0 Å². The van der Waals surface area contributed by atoms with Gasteiger partial charge in [0.2, 0.25) is 10.0 Å². The maximum atomic E-state index is 12.5. The molecule has 1 aromatic rings. The Kier molecular flexibility index (Phi) is 5.04. The number of nitro groups is 1. The van der Waals surface area contributed by atoms with Crippen molar-refractivity contribution in [3.8, 4) is 6.07 Å². The van der Waals surface area contributed by atoms with Gasteiger partial charge >= 0.3 is 0 Å². The molecule has 0 atom stereocenters. The highest BCUT2D eigenvalue weighted by atomic mass is 32.2. The zero-order valence-corrected chi connectivity index (χ0v) is 12.9. The van der Waals surface area contributed by atoms with Crippen molar-refractivity contribution in [1.82, 2.24) is 4.72 Å². The van der Waals surface area contributed by atoms with Crippen LogP contribution in [0.2, 0.25) is 0 Å². The van der Waals surface area contributed by atoms with Crippen LogP contribution >= 0.6 is 0 Å². The van der Waals surface area contributed by atoms with Crippen LogP contribution in [0.3, 0.4) is 0 Å². The minimum absolute atomic E-state index is 0.260. The fraction of sp³-hybridized carbons (Fsp3) is 0.462. The first-order chi connectivity index (χ1) is 9.73. The van der Waals surface area contributed by atoms with Crippen LogP contribution in [0.1, 0.15) is 32.3 Å². The highest BCUT2D eigenvalue weighted by Gasteiger charge is 2.36. The van der Waals surface area contributed by atoms with Gasteiger partial charge in [-0.05, 0) is 25.3 Å². The number of nitrogens with one attached hydrogen (secondary N) is 1. The van der Waals surface area contributed by atoms with Crippen LogP contribution in [0.25, 0.3) is 0 Å². The first-order valence-corrected chi connectivity index (χ1v) is 7.90. The second-order valence-electron chi connectivity index (χ2n) is 4.69. The minimum Gasteiger partial charge on any atom is -0.258 e. The molecule has 114 valence electrons. The van der Waals surface area contributed by atoms with Gasteiger partial charge in [-0.2, -0.15) is 9.98 Å². The lowest BCUT2D eigenvalue weighted by atomic mass is 9.97. The summed E-state index contributed by atoms with van der Waals surface area (Å²) >= 11 is 0. The molecule has 0 heterocycles. The lowest BCUT2D eigenvalue weighted by Gasteiger charge is -2.24. The smallest absolute Gasteiger partial charge is 0.258 e. The Labute approximate surface area is 123 Å². The van der Waals surface area contributed by atoms with E-state index in [0.29, 0.717) is 0 Å². The normalized spacial score (nSPS) is 11.9. The largest absolute Gasteiger partial charge is 0.289 e. The Hall–Kier alpha value is -1.98. The van der Waals surface area contributed by atoms with Gasteiger partial charge in [-0.1, -0.05) is 26.0 Å². The van der Waals surface area contributed by atoms with E-state index in [1.54, 1.807) is 13.8 Å².